The van der Waals surface area contributed by atoms with Crippen LogP contribution in [0.4, 0.5) is 18.9 Å². The zero-order valence-electron chi connectivity index (χ0n) is 13.3. The van der Waals surface area contributed by atoms with Gasteiger partial charge in [0.2, 0.25) is 0 Å². The van der Waals surface area contributed by atoms with Crippen molar-refractivity contribution < 1.29 is 13.2 Å². The molecule has 0 unspecified atom stereocenters. The topological polar surface area (TPSA) is 51.8 Å². The predicted molar refractivity (Wildman–Crippen MR) is 90.7 cm³/mol. The number of nitrogens with two attached hydrogens (primary N) is 1. The number of pyridine rings is 2. The molecule has 0 radical (unpaired) electrons. The molecule has 0 spiro atoms. The van der Waals surface area contributed by atoms with E-state index in [1.807, 2.05) is 30.3 Å². The minimum atomic E-state index is -4.44. The molecular formula is C19H16F3N3. The molecule has 3 aromatic rings. The molecule has 0 fully saturated rings. The Morgan fingerprint density at radius 2 is 1.64 bits per heavy atom. The first-order chi connectivity index (χ1) is 11.9. The highest BCUT2D eigenvalue weighted by molar-refractivity contribution is 5.72. The quantitative estimate of drug-likeness (QED) is 0.757. The second kappa shape index (κ2) is 6.93. The SMILES string of the molecule is Nc1cccnc1-c1ncc(C(F)(F)F)cc1CCc1ccccc1. The zero-order valence-corrected chi connectivity index (χ0v) is 13.3. The van der Waals surface area contributed by atoms with E-state index < -0.39 is 11.7 Å². The van der Waals surface area contributed by atoms with E-state index >= 15 is 0 Å². The zero-order chi connectivity index (χ0) is 17.9. The monoisotopic (exact) mass is 343 g/mol. The molecule has 2 N–H and O–H groups in total. The molecule has 2 heterocycles. The van der Waals surface area contributed by atoms with Gasteiger partial charge in [-0.25, -0.2) is 0 Å². The van der Waals surface area contributed by atoms with Gasteiger partial charge in [0.15, 0.2) is 0 Å². The van der Waals surface area contributed by atoms with Crippen LogP contribution >= 0.6 is 0 Å². The molecule has 0 bridgehead atoms. The molecule has 0 saturated carbocycles. The molecule has 0 aliphatic carbocycles. The van der Waals surface area contributed by atoms with Crippen molar-refractivity contribution >= 4 is 5.69 Å². The van der Waals surface area contributed by atoms with Gasteiger partial charge in [-0.1, -0.05) is 30.3 Å². The van der Waals surface area contributed by atoms with Gasteiger partial charge in [-0.2, -0.15) is 13.2 Å². The largest absolute Gasteiger partial charge is 0.417 e. The smallest absolute Gasteiger partial charge is 0.397 e. The van der Waals surface area contributed by atoms with E-state index in [4.69, 9.17) is 5.73 Å². The molecular weight excluding hydrogens is 327 g/mol. The van der Waals surface area contributed by atoms with Crippen molar-refractivity contribution in [3.8, 4) is 11.4 Å². The number of nitrogen functional groups attached to an aromatic ring is 1. The summed E-state index contributed by atoms with van der Waals surface area (Å²) in [5, 5.41) is 0. The Hall–Kier alpha value is -2.89. The molecule has 1 aromatic carbocycles. The van der Waals surface area contributed by atoms with Gasteiger partial charge in [-0.15, -0.1) is 0 Å². The number of hydrogen-bond acceptors (Lipinski definition) is 3. The summed E-state index contributed by atoms with van der Waals surface area (Å²) >= 11 is 0. The van der Waals surface area contributed by atoms with Gasteiger partial charge < -0.3 is 5.73 Å². The van der Waals surface area contributed by atoms with E-state index in [2.05, 4.69) is 9.97 Å². The molecule has 6 heteroatoms. The maximum Gasteiger partial charge on any atom is 0.417 e. The first-order valence-electron chi connectivity index (χ1n) is 7.76. The highest BCUT2D eigenvalue weighted by atomic mass is 19.4. The fourth-order valence-electron chi connectivity index (χ4n) is 2.61. The van der Waals surface area contributed by atoms with Crippen LogP contribution < -0.4 is 5.73 Å². The lowest BCUT2D eigenvalue weighted by Gasteiger charge is -2.13. The minimum absolute atomic E-state index is 0.385. The second-order valence-corrected chi connectivity index (χ2v) is 5.66. The standard InChI is InChI=1S/C19H16F3N3/c20-19(21,22)15-11-14(9-8-13-5-2-1-3-6-13)17(25-12-15)18-16(23)7-4-10-24-18/h1-7,10-12H,8-9,23H2. The summed E-state index contributed by atoms with van der Waals surface area (Å²) in [5.41, 5.74) is 7.85. The van der Waals surface area contributed by atoms with Gasteiger partial charge in [-0.3, -0.25) is 9.97 Å². The van der Waals surface area contributed by atoms with Crippen molar-refractivity contribution in [2.24, 2.45) is 0 Å². The maximum atomic E-state index is 13.1. The summed E-state index contributed by atoms with van der Waals surface area (Å²) in [6.45, 7) is 0. The number of benzene rings is 1. The van der Waals surface area contributed by atoms with E-state index in [1.165, 1.54) is 0 Å². The Morgan fingerprint density at radius 1 is 0.880 bits per heavy atom. The van der Waals surface area contributed by atoms with Crippen LogP contribution in [-0.4, -0.2) is 9.97 Å². The number of aromatic nitrogens is 2. The van der Waals surface area contributed by atoms with Gasteiger partial charge in [0.1, 0.15) is 5.69 Å². The Labute approximate surface area is 143 Å². The lowest BCUT2D eigenvalue weighted by atomic mass is 9.99. The van der Waals surface area contributed by atoms with Crippen molar-refractivity contribution in [2.45, 2.75) is 19.0 Å². The van der Waals surface area contributed by atoms with E-state index in [9.17, 15) is 13.2 Å². The first-order valence-corrected chi connectivity index (χ1v) is 7.76. The fourth-order valence-corrected chi connectivity index (χ4v) is 2.61. The van der Waals surface area contributed by atoms with Crippen LogP contribution in [-0.2, 0) is 19.0 Å². The van der Waals surface area contributed by atoms with Gasteiger partial charge >= 0.3 is 6.18 Å². The Morgan fingerprint density at radius 3 is 2.32 bits per heavy atom. The molecule has 3 rings (SSSR count). The number of aryl methyl sites for hydroxylation is 2. The number of hydrogen-bond donors (Lipinski definition) is 1. The summed E-state index contributed by atoms with van der Waals surface area (Å²) in [7, 11) is 0. The fraction of sp³-hybridized carbons (Fsp3) is 0.158. The lowest BCUT2D eigenvalue weighted by Crippen LogP contribution is -2.09. The third-order valence-corrected chi connectivity index (χ3v) is 3.88. The van der Waals surface area contributed by atoms with Crippen molar-refractivity contribution in [1.29, 1.82) is 0 Å². The number of rotatable bonds is 4. The molecule has 0 saturated heterocycles. The summed E-state index contributed by atoms with van der Waals surface area (Å²) in [4.78, 5) is 8.21. The van der Waals surface area contributed by atoms with E-state index in [-0.39, 0.29) is 0 Å². The van der Waals surface area contributed by atoms with E-state index in [0.717, 1.165) is 17.8 Å². The highest BCUT2D eigenvalue weighted by Crippen LogP contribution is 2.33. The molecule has 0 atom stereocenters. The third-order valence-electron chi connectivity index (χ3n) is 3.88. The number of halogens is 3. The number of nitrogens with zero attached hydrogens (tertiary/aromatic N) is 2. The van der Waals surface area contributed by atoms with Crippen molar-refractivity contribution in [2.75, 3.05) is 5.73 Å². The van der Waals surface area contributed by atoms with Crippen LogP contribution in [0.1, 0.15) is 16.7 Å². The van der Waals surface area contributed by atoms with Crippen molar-refractivity contribution in [3.05, 3.63) is 77.6 Å². The number of alkyl halides is 3. The molecule has 3 nitrogen and oxygen atoms in total. The van der Waals surface area contributed by atoms with Gasteiger partial charge in [0, 0.05) is 12.4 Å². The summed E-state index contributed by atoms with van der Waals surface area (Å²) in [6, 6.07) is 14.0. The maximum absolute atomic E-state index is 13.1. The molecule has 128 valence electrons. The summed E-state index contributed by atoms with van der Waals surface area (Å²) in [5.74, 6) is 0. The summed E-state index contributed by atoms with van der Waals surface area (Å²) in [6.07, 6.45) is -1.06. The molecule has 2 aromatic heterocycles. The Kier molecular flexibility index (Phi) is 4.70. The highest BCUT2D eigenvalue weighted by Gasteiger charge is 2.32. The van der Waals surface area contributed by atoms with Crippen molar-refractivity contribution in [1.82, 2.24) is 9.97 Å². The van der Waals surface area contributed by atoms with Crippen LogP contribution in [0.3, 0.4) is 0 Å². The Bertz CT molecular complexity index is 861. The first kappa shape index (κ1) is 17.0. The van der Waals surface area contributed by atoms with E-state index in [1.54, 1.807) is 18.3 Å². The van der Waals surface area contributed by atoms with Crippen LogP contribution in [0, 0.1) is 0 Å². The van der Waals surface area contributed by atoms with Crippen LogP contribution in [0.15, 0.2) is 60.9 Å². The predicted octanol–water partition coefficient (Wildman–Crippen LogP) is 4.53. The molecule has 0 amide bonds. The number of anilines is 1. The molecule has 0 aliphatic rings. The lowest BCUT2D eigenvalue weighted by molar-refractivity contribution is -0.137. The average molecular weight is 343 g/mol. The average Bonchev–Trinajstić information content (AvgIpc) is 2.60. The minimum Gasteiger partial charge on any atom is -0.397 e. The van der Waals surface area contributed by atoms with Crippen LogP contribution in [0.2, 0.25) is 0 Å². The van der Waals surface area contributed by atoms with Crippen LogP contribution in [0.25, 0.3) is 11.4 Å². The third kappa shape index (κ3) is 3.96. The summed E-state index contributed by atoms with van der Waals surface area (Å²) < 4.78 is 39.2. The van der Waals surface area contributed by atoms with E-state index in [0.29, 0.717) is 35.5 Å². The van der Waals surface area contributed by atoms with Crippen molar-refractivity contribution in [3.63, 3.8) is 0 Å². The van der Waals surface area contributed by atoms with Gasteiger partial charge in [-0.05, 0) is 42.2 Å². The van der Waals surface area contributed by atoms with Gasteiger partial charge in [0.25, 0.3) is 0 Å². The normalized spacial score (nSPS) is 11.5. The molecule has 25 heavy (non-hydrogen) atoms. The Balaban J connectivity index is 2.01. The molecule has 0 aliphatic heterocycles. The van der Waals surface area contributed by atoms with Gasteiger partial charge in [0.05, 0.1) is 16.9 Å². The second-order valence-electron chi connectivity index (χ2n) is 5.66. The van der Waals surface area contributed by atoms with Crippen LogP contribution in [0.5, 0.6) is 0 Å².